The fourth-order valence-electron chi connectivity index (χ4n) is 2.20. The van der Waals surface area contributed by atoms with Crippen molar-refractivity contribution in [2.75, 3.05) is 31.9 Å². The molecule has 0 aliphatic carbocycles. The number of nitrogen functional groups attached to an aromatic ring is 1. The van der Waals surface area contributed by atoms with Crippen LogP contribution in [0.4, 0.5) is 5.82 Å². The van der Waals surface area contributed by atoms with Gasteiger partial charge in [-0.1, -0.05) is 13.8 Å². The van der Waals surface area contributed by atoms with E-state index in [0.29, 0.717) is 18.1 Å². The number of anilines is 1. The second kappa shape index (κ2) is 6.73. The van der Waals surface area contributed by atoms with Crippen LogP contribution < -0.4 is 10.5 Å². The standard InChI is InChI=1S/C12H21N5O2S2/c1-3-6-16(4-2)7-5-14-21(18,19)11-10(13)15-12-17(11)8-9-20-12/h8-9,14H,3-7,13H2,1-2H3. The Labute approximate surface area is 128 Å². The summed E-state index contributed by atoms with van der Waals surface area (Å²) in [4.78, 5) is 6.83. The van der Waals surface area contributed by atoms with Crippen LogP contribution in [0.2, 0.25) is 0 Å². The average Bonchev–Trinajstić information content (AvgIpc) is 2.96. The van der Waals surface area contributed by atoms with Crippen LogP contribution in [0.3, 0.4) is 0 Å². The molecular formula is C12H21N5O2S2. The lowest BCUT2D eigenvalue weighted by molar-refractivity contribution is 0.293. The minimum atomic E-state index is -3.66. The molecule has 0 amide bonds. The molecule has 0 saturated heterocycles. The second-order valence-corrected chi connectivity index (χ2v) is 7.25. The predicted molar refractivity (Wildman–Crippen MR) is 85.1 cm³/mol. The molecule has 0 bridgehead atoms. The van der Waals surface area contributed by atoms with Crippen LogP contribution in [0, 0.1) is 0 Å². The summed E-state index contributed by atoms with van der Waals surface area (Å²) >= 11 is 1.35. The highest BCUT2D eigenvalue weighted by Crippen LogP contribution is 2.22. The van der Waals surface area contributed by atoms with Gasteiger partial charge in [0.05, 0.1) is 0 Å². The van der Waals surface area contributed by atoms with Gasteiger partial charge in [-0.2, -0.15) is 0 Å². The van der Waals surface area contributed by atoms with E-state index >= 15 is 0 Å². The average molecular weight is 331 g/mol. The van der Waals surface area contributed by atoms with E-state index in [2.05, 4.69) is 28.5 Å². The zero-order chi connectivity index (χ0) is 15.5. The Morgan fingerprint density at radius 1 is 1.43 bits per heavy atom. The topological polar surface area (TPSA) is 92.7 Å². The van der Waals surface area contributed by atoms with Crippen molar-refractivity contribution in [1.29, 1.82) is 0 Å². The fraction of sp³-hybridized carbons (Fsp3) is 0.583. The lowest BCUT2D eigenvalue weighted by Crippen LogP contribution is -2.35. The van der Waals surface area contributed by atoms with Gasteiger partial charge in [-0.3, -0.25) is 4.40 Å². The van der Waals surface area contributed by atoms with Crippen molar-refractivity contribution in [2.45, 2.75) is 25.3 Å². The van der Waals surface area contributed by atoms with Crippen molar-refractivity contribution < 1.29 is 8.42 Å². The molecule has 0 atom stereocenters. The molecular weight excluding hydrogens is 310 g/mol. The molecule has 0 aliphatic rings. The predicted octanol–water partition coefficient (Wildman–Crippen LogP) is 0.988. The Bertz CT molecular complexity index is 692. The van der Waals surface area contributed by atoms with Crippen molar-refractivity contribution in [3.05, 3.63) is 11.6 Å². The second-order valence-electron chi connectivity index (χ2n) is 4.69. The van der Waals surface area contributed by atoms with Gasteiger partial charge in [0.2, 0.25) is 0 Å². The molecule has 0 aromatic carbocycles. The highest BCUT2D eigenvalue weighted by Gasteiger charge is 2.24. The van der Waals surface area contributed by atoms with E-state index in [4.69, 9.17) is 5.73 Å². The maximum absolute atomic E-state index is 12.4. The number of nitrogens with zero attached hydrogens (tertiary/aromatic N) is 3. The summed E-state index contributed by atoms with van der Waals surface area (Å²) in [6.07, 6.45) is 2.71. The molecule has 2 rings (SSSR count). The van der Waals surface area contributed by atoms with Crippen LogP contribution in [0.1, 0.15) is 20.3 Å². The molecule has 9 heteroatoms. The third-order valence-electron chi connectivity index (χ3n) is 3.21. The van der Waals surface area contributed by atoms with Gasteiger partial charge in [0.15, 0.2) is 15.8 Å². The third kappa shape index (κ3) is 3.54. The highest BCUT2D eigenvalue weighted by atomic mass is 32.2. The maximum atomic E-state index is 12.4. The van der Waals surface area contributed by atoms with Crippen molar-refractivity contribution >= 4 is 32.1 Å². The van der Waals surface area contributed by atoms with E-state index < -0.39 is 10.0 Å². The highest BCUT2D eigenvalue weighted by molar-refractivity contribution is 7.89. The fourth-order valence-corrected chi connectivity index (χ4v) is 4.20. The van der Waals surface area contributed by atoms with Crippen molar-refractivity contribution in [1.82, 2.24) is 19.0 Å². The number of rotatable bonds is 8. The Kier molecular flexibility index (Phi) is 5.20. The number of likely N-dealkylation sites (N-methyl/N-ethyl adjacent to an activating group) is 1. The van der Waals surface area contributed by atoms with Crippen LogP contribution in [-0.2, 0) is 10.0 Å². The lowest BCUT2D eigenvalue weighted by atomic mass is 10.4. The van der Waals surface area contributed by atoms with Gasteiger partial charge in [-0.15, -0.1) is 11.3 Å². The summed E-state index contributed by atoms with van der Waals surface area (Å²) in [6.45, 7) is 7.06. The van der Waals surface area contributed by atoms with Gasteiger partial charge in [0.25, 0.3) is 10.0 Å². The van der Waals surface area contributed by atoms with Crippen LogP contribution >= 0.6 is 11.3 Å². The molecule has 2 aromatic rings. The molecule has 0 saturated carbocycles. The first-order valence-corrected chi connectivity index (χ1v) is 9.29. The number of hydrogen-bond donors (Lipinski definition) is 2. The van der Waals surface area contributed by atoms with E-state index in [1.165, 1.54) is 15.7 Å². The first-order chi connectivity index (χ1) is 9.99. The summed E-state index contributed by atoms with van der Waals surface area (Å²) in [5.41, 5.74) is 5.73. The maximum Gasteiger partial charge on any atom is 0.260 e. The third-order valence-corrected chi connectivity index (χ3v) is 5.46. The molecule has 0 unspecified atom stereocenters. The van der Waals surface area contributed by atoms with Crippen LogP contribution in [0.5, 0.6) is 0 Å². The van der Waals surface area contributed by atoms with Crippen molar-refractivity contribution in [2.24, 2.45) is 0 Å². The Morgan fingerprint density at radius 3 is 2.86 bits per heavy atom. The molecule has 0 radical (unpaired) electrons. The summed E-state index contributed by atoms with van der Waals surface area (Å²) in [5.74, 6) is 0.0373. The first-order valence-electron chi connectivity index (χ1n) is 6.92. The lowest BCUT2D eigenvalue weighted by Gasteiger charge is -2.19. The van der Waals surface area contributed by atoms with Gasteiger partial charge in [0, 0.05) is 24.7 Å². The van der Waals surface area contributed by atoms with E-state index in [1.807, 2.05) is 0 Å². The zero-order valence-corrected chi connectivity index (χ0v) is 13.9. The first kappa shape index (κ1) is 16.2. The largest absolute Gasteiger partial charge is 0.381 e. The number of fused-ring (bicyclic) bond motifs is 1. The monoisotopic (exact) mass is 331 g/mol. The summed E-state index contributed by atoms with van der Waals surface area (Å²) < 4.78 is 28.9. The molecule has 0 spiro atoms. The van der Waals surface area contributed by atoms with Gasteiger partial charge >= 0.3 is 0 Å². The smallest absolute Gasteiger partial charge is 0.260 e. The summed E-state index contributed by atoms with van der Waals surface area (Å²) in [7, 11) is -3.66. The Hall–Kier alpha value is -1.16. The Morgan fingerprint density at radius 2 is 2.19 bits per heavy atom. The summed E-state index contributed by atoms with van der Waals surface area (Å²) in [6, 6.07) is 0. The minimum absolute atomic E-state index is 0.0253. The molecule has 0 aliphatic heterocycles. The van der Waals surface area contributed by atoms with E-state index in [0.717, 1.165) is 19.5 Å². The van der Waals surface area contributed by atoms with E-state index in [9.17, 15) is 8.42 Å². The van der Waals surface area contributed by atoms with E-state index in [-0.39, 0.29) is 10.8 Å². The SMILES string of the molecule is CCCN(CC)CCNS(=O)(=O)c1c(N)nc2sccn12. The van der Waals surface area contributed by atoms with Crippen molar-refractivity contribution in [3.63, 3.8) is 0 Å². The van der Waals surface area contributed by atoms with Gasteiger partial charge in [0.1, 0.15) is 0 Å². The molecule has 118 valence electrons. The van der Waals surface area contributed by atoms with Crippen LogP contribution in [0.25, 0.3) is 4.96 Å². The van der Waals surface area contributed by atoms with Gasteiger partial charge in [-0.05, 0) is 19.5 Å². The van der Waals surface area contributed by atoms with E-state index in [1.54, 1.807) is 11.6 Å². The quantitative estimate of drug-likeness (QED) is 0.752. The molecule has 7 nitrogen and oxygen atoms in total. The van der Waals surface area contributed by atoms with Gasteiger partial charge < -0.3 is 10.6 Å². The Balaban J connectivity index is 2.08. The number of thiazole rings is 1. The van der Waals surface area contributed by atoms with Crippen molar-refractivity contribution in [3.8, 4) is 0 Å². The van der Waals surface area contributed by atoms with Gasteiger partial charge in [-0.25, -0.2) is 18.1 Å². The number of hydrogen-bond acceptors (Lipinski definition) is 6. The number of sulfonamides is 1. The molecule has 2 aromatic heterocycles. The summed E-state index contributed by atoms with van der Waals surface area (Å²) in [5, 5.41) is 1.80. The number of nitrogens with one attached hydrogen (secondary N) is 1. The molecule has 21 heavy (non-hydrogen) atoms. The number of aromatic nitrogens is 2. The minimum Gasteiger partial charge on any atom is -0.381 e. The number of imidazole rings is 1. The molecule has 3 N–H and O–H groups in total. The molecule has 2 heterocycles. The zero-order valence-electron chi connectivity index (χ0n) is 12.2. The number of nitrogens with two attached hydrogens (primary N) is 1. The van der Waals surface area contributed by atoms with Crippen LogP contribution in [0.15, 0.2) is 16.6 Å². The normalized spacial score (nSPS) is 12.5. The molecule has 0 fully saturated rings. The van der Waals surface area contributed by atoms with Crippen LogP contribution in [-0.4, -0.2) is 48.9 Å².